The van der Waals surface area contributed by atoms with E-state index in [0.29, 0.717) is 28.9 Å². The molecule has 4 rings (SSSR count). The van der Waals surface area contributed by atoms with Crippen LogP contribution >= 0.6 is 11.8 Å². The van der Waals surface area contributed by atoms with E-state index in [0.717, 1.165) is 24.2 Å². The number of hydrogen-bond acceptors (Lipinski definition) is 7. The van der Waals surface area contributed by atoms with E-state index in [4.69, 9.17) is 0 Å². The maximum atomic E-state index is 12.7. The van der Waals surface area contributed by atoms with Crippen LogP contribution in [0.15, 0.2) is 63.7 Å². The number of aromatic nitrogens is 2. The molecule has 0 atom stereocenters. The zero-order chi connectivity index (χ0) is 20.4. The van der Waals surface area contributed by atoms with Crippen molar-refractivity contribution in [3.05, 3.63) is 59.0 Å². The molecule has 0 N–H and O–H groups in total. The molecular weight excluding hydrogens is 412 g/mol. The lowest BCUT2D eigenvalue weighted by molar-refractivity contribution is -0.383. The number of rotatable bonds is 5. The Hall–Kier alpha value is -2.56. The van der Waals surface area contributed by atoms with E-state index in [1.54, 1.807) is 30.5 Å². The van der Waals surface area contributed by atoms with Crippen LogP contribution in [0.5, 0.6) is 0 Å². The SMILES string of the molecule is O=[N+]([O-])c1ccc(Sc2ccc(S(=O)(=O)N3CCCCC3)cn2)c2ccncc12. The summed E-state index contributed by atoms with van der Waals surface area (Å²) in [5.41, 5.74) is -0.00613. The first-order chi connectivity index (χ1) is 14.0. The summed E-state index contributed by atoms with van der Waals surface area (Å²) >= 11 is 1.32. The third kappa shape index (κ3) is 3.96. The molecule has 3 heterocycles. The fourth-order valence-corrected chi connectivity index (χ4v) is 5.70. The minimum Gasteiger partial charge on any atom is -0.264 e. The first-order valence-electron chi connectivity index (χ1n) is 9.12. The van der Waals surface area contributed by atoms with Gasteiger partial charge in [0.25, 0.3) is 5.69 Å². The molecule has 1 aliphatic rings. The molecule has 150 valence electrons. The Kier molecular flexibility index (Phi) is 5.48. The van der Waals surface area contributed by atoms with E-state index >= 15 is 0 Å². The predicted octanol–water partition coefficient (Wildman–Crippen LogP) is 3.86. The molecule has 0 amide bonds. The Morgan fingerprint density at radius 2 is 1.79 bits per heavy atom. The Balaban J connectivity index is 1.61. The molecule has 0 spiro atoms. The lowest BCUT2D eigenvalue weighted by Gasteiger charge is -2.25. The average Bonchev–Trinajstić information content (AvgIpc) is 2.75. The van der Waals surface area contributed by atoms with Crippen LogP contribution in [-0.4, -0.2) is 40.7 Å². The smallest absolute Gasteiger partial charge is 0.264 e. The number of piperidine rings is 1. The van der Waals surface area contributed by atoms with Crippen molar-refractivity contribution in [2.45, 2.75) is 34.1 Å². The van der Waals surface area contributed by atoms with Crippen LogP contribution in [0.1, 0.15) is 19.3 Å². The number of benzene rings is 1. The summed E-state index contributed by atoms with van der Waals surface area (Å²) in [5.74, 6) is 0. The quantitative estimate of drug-likeness (QED) is 0.447. The van der Waals surface area contributed by atoms with E-state index in [9.17, 15) is 18.5 Å². The van der Waals surface area contributed by atoms with Gasteiger partial charge < -0.3 is 0 Å². The largest absolute Gasteiger partial charge is 0.278 e. The molecule has 8 nitrogen and oxygen atoms in total. The number of sulfonamides is 1. The number of nitro groups is 1. The van der Waals surface area contributed by atoms with E-state index in [-0.39, 0.29) is 10.6 Å². The Bertz CT molecular complexity index is 1160. The Labute approximate surface area is 172 Å². The van der Waals surface area contributed by atoms with Crippen LogP contribution in [0.2, 0.25) is 0 Å². The Morgan fingerprint density at radius 3 is 2.48 bits per heavy atom. The molecule has 2 aromatic heterocycles. The molecule has 1 fully saturated rings. The fourth-order valence-electron chi connectivity index (χ4n) is 3.34. The summed E-state index contributed by atoms with van der Waals surface area (Å²) in [6, 6.07) is 8.07. The van der Waals surface area contributed by atoms with Crippen LogP contribution in [0.4, 0.5) is 5.69 Å². The van der Waals surface area contributed by atoms with Crippen molar-refractivity contribution in [1.82, 2.24) is 14.3 Å². The summed E-state index contributed by atoms with van der Waals surface area (Å²) in [4.78, 5) is 20.1. The van der Waals surface area contributed by atoms with Crippen LogP contribution in [0, 0.1) is 10.1 Å². The molecule has 0 unspecified atom stereocenters. The van der Waals surface area contributed by atoms with Crippen LogP contribution in [0.25, 0.3) is 10.8 Å². The third-order valence-electron chi connectivity index (χ3n) is 4.83. The van der Waals surface area contributed by atoms with Gasteiger partial charge in [-0.3, -0.25) is 15.1 Å². The number of nitro benzene ring substituents is 1. The number of non-ortho nitro benzene ring substituents is 1. The highest BCUT2D eigenvalue weighted by molar-refractivity contribution is 7.99. The summed E-state index contributed by atoms with van der Waals surface area (Å²) in [7, 11) is -3.52. The summed E-state index contributed by atoms with van der Waals surface area (Å²) in [6.07, 6.45) is 7.24. The van der Waals surface area contributed by atoms with Gasteiger partial charge >= 0.3 is 0 Å². The van der Waals surface area contributed by atoms with Crippen LogP contribution in [-0.2, 0) is 10.0 Å². The monoisotopic (exact) mass is 430 g/mol. The molecule has 1 aliphatic heterocycles. The van der Waals surface area contributed by atoms with E-state index in [1.807, 2.05) is 0 Å². The van der Waals surface area contributed by atoms with Gasteiger partial charge in [0.05, 0.1) is 10.3 Å². The number of nitrogens with zero attached hydrogens (tertiary/aromatic N) is 4. The second-order valence-electron chi connectivity index (χ2n) is 6.66. The molecule has 0 saturated carbocycles. The van der Waals surface area contributed by atoms with E-state index < -0.39 is 14.9 Å². The minimum atomic E-state index is -3.52. The zero-order valence-electron chi connectivity index (χ0n) is 15.4. The summed E-state index contributed by atoms with van der Waals surface area (Å²) in [5, 5.41) is 13.0. The standard InChI is InChI=1S/C19H18N4O4S2/c24-23(25)17-5-6-18(15-8-9-20-13-16(15)17)28-19-7-4-14(12-21-19)29(26,27)22-10-2-1-3-11-22/h4-9,12-13H,1-3,10-11H2. The Morgan fingerprint density at radius 1 is 1.00 bits per heavy atom. The summed E-state index contributed by atoms with van der Waals surface area (Å²) < 4.78 is 27.0. The lowest BCUT2D eigenvalue weighted by Crippen LogP contribution is -2.35. The van der Waals surface area contributed by atoms with Crippen molar-refractivity contribution in [1.29, 1.82) is 0 Å². The van der Waals surface area contributed by atoms with Crippen molar-refractivity contribution in [3.63, 3.8) is 0 Å². The third-order valence-corrected chi connectivity index (χ3v) is 7.74. The molecule has 29 heavy (non-hydrogen) atoms. The first-order valence-corrected chi connectivity index (χ1v) is 11.4. The predicted molar refractivity (Wildman–Crippen MR) is 109 cm³/mol. The molecule has 0 radical (unpaired) electrons. The molecule has 10 heteroatoms. The minimum absolute atomic E-state index is 0.00613. The topological polar surface area (TPSA) is 106 Å². The fraction of sp³-hybridized carbons (Fsp3) is 0.263. The molecule has 1 saturated heterocycles. The number of fused-ring (bicyclic) bond motifs is 1. The van der Waals surface area contributed by atoms with E-state index in [2.05, 4.69) is 9.97 Å². The second kappa shape index (κ2) is 8.05. The normalized spacial score (nSPS) is 15.4. The number of pyridine rings is 2. The lowest BCUT2D eigenvalue weighted by atomic mass is 10.1. The van der Waals surface area contributed by atoms with Crippen LogP contribution in [0.3, 0.4) is 0 Å². The highest BCUT2D eigenvalue weighted by Crippen LogP contribution is 2.36. The van der Waals surface area contributed by atoms with Gasteiger partial charge in [0.15, 0.2) is 0 Å². The van der Waals surface area contributed by atoms with Crippen molar-refractivity contribution in [2.75, 3.05) is 13.1 Å². The highest BCUT2D eigenvalue weighted by Gasteiger charge is 2.26. The maximum absolute atomic E-state index is 12.7. The molecule has 0 aliphatic carbocycles. The van der Waals surface area contributed by atoms with E-state index in [1.165, 1.54) is 34.5 Å². The zero-order valence-corrected chi connectivity index (χ0v) is 17.0. The maximum Gasteiger partial charge on any atom is 0.278 e. The number of hydrogen-bond donors (Lipinski definition) is 0. The van der Waals surface area contributed by atoms with Gasteiger partial charge in [0.1, 0.15) is 9.92 Å². The van der Waals surface area contributed by atoms with Crippen molar-refractivity contribution >= 4 is 38.2 Å². The molecule has 3 aromatic rings. The van der Waals surface area contributed by atoms with Gasteiger partial charge in [-0.05, 0) is 37.1 Å². The summed E-state index contributed by atoms with van der Waals surface area (Å²) in [6.45, 7) is 1.09. The average molecular weight is 431 g/mol. The highest BCUT2D eigenvalue weighted by atomic mass is 32.2. The van der Waals surface area contributed by atoms with Gasteiger partial charge in [-0.2, -0.15) is 4.31 Å². The van der Waals surface area contributed by atoms with Gasteiger partial charge in [0, 0.05) is 48.0 Å². The van der Waals surface area contributed by atoms with Gasteiger partial charge in [-0.15, -0.1) is 0 Å². The molecule has 1 aromatic carbocycles. The van der Waals surface area contributed by atoms with Crippen molar-refractivity contribution < 1.29 is 13.3 Å². The van der Waals surface area contributed by atoms with Gasteiger partial charge in [-0.25, -0.2) is 13.4 Å². The first kappa shape index (κ1) is 19.7. The molecule has 0 bridgehead atoms. The van der Waals surface area contributed by atoms with Crippen LogP contribution < -0.4 is 0 Å². The molecular formula is C19H18N4O4S2. The van der Waals surface area contributed by atoms with Crippen molar-refractivity contribution in [2.24, 2.45) is 0 Å². The van der Waals surface area contributed by atoms with Crippen molar-refractivity contribution in [3.8, 4) is 0 Å². The van der Waals surface area contributed by atoms with Gasteiger partial charge in [0.2, 0.25) is 10.0 Å². The second-order valence-corrected chi connectivity index (χ2v) is 9.66. The van der Waals surface area contributed by atoms with Gasteiger partial charge in [-0.1, -0.05) is 18.2 Å².